The number of hydrogen-bond acceptors (Lipinski definition) is 2. The van der Waals surface area contributed by atoms with Crippen LogP contribution in [0.25, 0.3) is 17.5 Å². The SMILES string of the molecule is CCCCCC1CCCCCCCC2=NC(=Cc3[nH]c(-c4ccc[nH]4)cc3OC)C1=C2. The zero-order valence-electron chi connectivity index (χ0n) is 19.2. The van der Waals surface area contributed by atoms with Crippen LogP contribution in [-0.2, 0) is 0 Å². The molecule has 4 rings (SSSR count). The van der Waals surface area contributed by atoms with E-state index in [0.29, 0.717) is 5.92 Å². The highest BCUT2D eigenvalue weighted by atomic mass is 16.5. The Morgan fingerprint density at radius 3 is 2.81 bits per heavy atom. The van der Waals surface area contributed by atoms with Gasteiger partial charge in [-0.3, -0.25) is 4.99 Å². The number of ether oxygens (including phenoxy) is 1. The Morgan fingerprint density at radius 1 is 1.13 bits per heavy atom. The number of hydrogen-bond donors (Lipinski definition) is 2. The van der Waals surface area contributed by atoms with Crippen LogP contribution in [0.4, 0.5) is 0 Å². The minimum atomic E-state index is 0.612. The molecule has 0 radical (unpaired) electrons. The van der Waals surface area contributed by atoms with E-state index >= 15 is 0 Å². The molecule has 1 aliphatic carbocycles. The molecule has 1 aliphatic heterocycles. The third-order valence-corrected chi connectivity index (χ3v) is 6.66. The highest BCUT2D eigenvalue weighted by molar-refractivity contribution is 6.00. The summed E-state index contributed by atoms with van der Waals surface area (Å²) in [4.78, 5) is 11.9. The molecule has 0 aromatic carbocycles. The topological polar surface area (TPSA) is 53.2 Å². The summed E-state index contributed by atoms with van der Waals surface area (Å²) in [5, 5.41) is 0. The van der Waals surface area contributed by atoms with Gasteiger partial charge in [0.25, 0.3) is 0 Å². The van der Waals surface area contributed by atoms with Crippen molar-refractivity contribution in [3.05, 3.63) is 47.4 Å². The Morgan fingerprint density at radius 2 is 2.00 bits per heavy atom. The Hall–Kier alpha value is -2.49. The first-order valence-electron chi connectivity index (χ1n) is 12.2. The van der Waals surface area contributed by atoms with E-state index in [1.54, 1.807) is 7.11 Å². The number of aromatic amines is 2. The Bertz CT molecular complexity index is 930. The number of methoxy groups -OCH3 is 1. The number of nitrogens with one attached hydrogen (secondary N) is 2. The molecule has 2 aromatic rings. The van der Waals surface area contributed by atoms with Crippen LogP contribution in [0.15, 0.2) is 46.7 Å². The first-order valence-corrected chi connectivity index (χ1v) is 12.2. The van der Waals surface area contributed by atoms with Crippen LogP contribution in [0.2, 0.25) is 0 Å². The van der Waals surface area contributed by atoms with Crippen LogP contribution in [0.1, 0.15) is 83.2 Å². The molecule has 31 heavy (non-hydrogen) atoms. The van der Waals surface area contributed by atoms with Crippen LogP contribution in [0, 0.1) is 5.92 Å². The summed E-state index contributed by atoms with van der Waals surface area (Å²) in [5.41, 5.74) is 6.95. The van der Waals surface area contributed by atoms with Crippen molar-refractivity contribution in [2.24, 2.45) is 10.9 Å². The van der Waals surface area contributed by atoms with Crippen LogP contribution in [-0.4, -0.2) is 22.8 Å². The van der Waals surface area contributed by atoms with Crippen molar-refractivity contribution in [3.8, 4) is 17.1 Å². The van der Waals surface area contributed by atoms with E-state index in [1.807, 2.05) is 12.3 Å². The van der Waals surface area contributed by atoms with Gasteiger partial charge in [-0.1, -0.05) is 51.9 Å². The molecule has 0 saturated heterocycles. The molecule has 2 aromatic heterocycles. The third kappa shape index (κ3) is 5.41. The van der Waals surface area contributed by atoms with E-state index in [-0.39, 0.29) is 0 Å². The van der Waals surface area contributed by atoms with E-state index in [0.717, 1.165) is 34.9 Å². The lowest BCUT2D eigenvalue weighted by molar-refractivity contribution is 0.414. The molecule has 1 unspecified atom stereocenters. The maximum atomic E-state index is 5.70. The van der Waals surface area contributed by atoms with Crippen molar-refractivity contribution >= 4 is 11.8 Å². The van der Waals surface area contributed by atoms with E-state index in [4.69, 9.17) is 9.73 Å². The normalized spacial score (nSPS) is 21.0. The summed E-state index contributed by atoms with van der Waals surface area (Å²) in [5.74, 6) is 1.48. The minimum absolute atomic E-state index is 0.612. The Balaban J connectivity index is 1.66. The Labute approximate surface area is 186 Å². The van der Waals surface area contributed by atoms with Gasteiger partial charge in [0, 0.05) is 18.0 Å². The van der Waals surface area contributed by atoms with Gasteiger partial charge in [0.05, 0.1) is 29.9 Å². The van der Waals surface area contributed by atoms with Crippen molar-refractivity contribution in [2.45, 2.75) is 77.6 Å². The van der Waals surface area contributed by atoms with Gasteiger partial charge in [-0.25, -0.2) is 0 Å². The highest BCUT2D eigenvalue weighted by Gasteiger charge is 2.24. The number of H-pyrrole nitrogens is 2. The van der Waals surface area contributed by atoms with Gasteiger partial charge < -0.3 is 14.7 Å². The minimum Gasteiger partial charge on any atom is -0.494 e. The van der Waals surface area contributed by atoms with Crippen LogP contribution in [0.5, 0.6) is 5.75 Å². The lowest BCUT2D eigenvalue weighted by Crippen LogP contribution is -2.06. The molecule has 2 N–H and O–H groups in total. The molecule has 0 amide bonds. The average Bonchev–Trinajstić information content (AvgIpc) is 3.51. The zero-order chi connectivity index (χ0) is 21.5. The molecule has 1 atom stereocenters. The van der Waals surface area contributed by atoms with Gasteiger partial charge in [0.1, 0.15) is 5.75 Å². The standard InChI is InChI=1S/C27H37N3O/c1-3-4-8-12-20-13-9-6-5-7-10-14-21-17-22(20)24(29-21)18-26-27(31-2)19-25(30-26)23-15-11-16-28-23/h11,15-20,28,30H,3-10,12-14H2,1-2H3. The van der Waals surface area contributed by atoms with Crippen LogP contribution in [0.3, 0.4) is 0 Å². The molecule has 4 heteroatoms. The maximum Gasteiger partial charge on any atom is 0.144 e. The number of nitrogens with zero attached hydrogens (tertiary/aromatic N) is 1. The summed E-state index contributed by atoms with van der Waals surface area (Å²) < 4.78 is 5.70. The second-order valence-corrected chi connectivity index (χ2v) is 8.98. The molecular weight excluding hydrogens is 382 g/mol. The summed E-state index contributed by atoms with van der Waals surface area (Å²) in [7, 11) is 1.74. The fourth-order valence-electron chi connectivity index (χ4n) is 4.91. The van der Waals surface area contributed by atoms with Gasteiger partial charge in [0.2, 0.25) is 0 Å². The molecule has 0 fully saturated rings. The van der Waals surface area contributed by atoms with Crippen molar-refractivity contribution in [2.75, 3.05) is 7.11 Å². The molecule has 4 nitrogen and oxygen atoms in total. The molecule has 2 aliphatic rings. The smallest absolute Gasteiger partial charge is 0.144 e. The quantitative estimate of drug-likeness (QED) is 0.444. The number of fused-ring (bicyclic) bond motifs is 1. The molecule has 166 valence electrons. The number of aliphatic imine (C=N–C) groups is 1. The summed E-state index contributed by atoms with van der Waals surface area (Å²) in [6.07, 6.45) is 20.8. The predicted molar refractivity (Wildman–Crippen MR) is 131 cm³/mol. The molecule has 0 saturated carbocycles. The molecule has 2 bridgehead atoms. The van der Waals surface area contributed by atoms with Gasteiger partial charge in [0.15, 0.2) is 0 Å². The van der Waals surface area contributed by atoms with Gasteiger partial charge in [-0.2, -0.15) is 0 Å². The maximum absolute atomic E-state index is 5.70. The number of aromatic nitrogens is 2. The third-order valence-electron chi connectivity index (χ3n) is 6.66. The summed E-state index contributed by atoms with van der Waals surface area (Å²) in [6, 6.07) is 6.15. The van der Waals surface area contributed by atoms with E-state index in [9.17, 15) is 0 Å². The van der Waals surface area contributed by atoms with Crippen LogP contribution >= 0.6 is 0 Å². The van der Waals surface area contributed by atoms with Crippen LogP contribution < -0.4 is 4.74 Å². The van der Waals surface area contributed by atoms with Gasteiger partial charge in [-0.15, -0.1) is 0 Å². The average molecular weight is 420 g/mol. The Kier molecular flexibility index (Phi) is 7.50. The van der Waals surface area contributed by atoms with Crippen molar-refractivity contribution in [1.29, 1.82) is 0 Å². The zero-order valence-corrected chi connectivity index (χ0v) is 19.2. The lowest BCUT2D eigenvalue weighted by atomic mass is 9.86. The molecule has 3 heterocycles. The number of unbranched alkanes of at least 4 members (excludes halogenated alkanes) is 2. The second kappa shape index (κ2) is 10.7. The fourth-order valence-corrected chi connectivity index (χ4v) is 4.91. The lowest BCUT2D eigenvalue weighted by Gasteiger charge is -2.19. The second-order valence-electron chi connectivity index (χ2n) is 8.98. The molecular formula is C27H37N3O. The van der Waals surface area contributed by atoms with Gasteiger partial charge in [-0.05, 0) is 61.5 Å². The number of rotatable bonds is 7. The highest BCUT2D eigenvalue weighted by Crippen LogP contribution is 2.37. The predicted octanol–water partition coefficient (Wildman–Crippen LogP) is 7.68. The van der Waals surface area contributed by atoms with E-state index in [1.165, 1.54) is 75.5 Å². The largest absolute Gasteiger partial charge is 0.494 e. The molecule has 0 spiro atoms. The van der Waals surface area contributed by atoms with Gasteiger partial charge >= 0.3 is 0 Å². The first kappa shape index (κ1) is 21.7. The fraction of sp³-hybridized carbons (Fsp3) is 0.519. The van der Waals surface area contributed by atoms with E-state index < -0.39 is 0 Å². The first-order chi connectivity index (χ1) is 15.3. The summed E-state index contributed by atoms with van der Waals surface area (Å²) in [6.45, 7) is 2.29. The van der Waals surface area contributed by atoms with E-state index in [2.05, 4.69) is 41.2 Å². The van der Waals surface area contributed by atoms with Crippen molar-refractivity contribution < 1.29 is 4.74 Å². The van der Waals surface area contributed by atoms with Crippen molar-refractivity contribution in [3.63, 3.8) is 0 Å². The van der Waals surface area contributed by atoms with Crippen molar-refractivity contribution in [1.82, 2.24) is 9.97 Å². The number of allylic oxidation sites excluding steroid dienone is 2. The monoisotopic (exact) mass is 419 g/mol. The summed E-state index contributed by atoms with van der Waals surface area (Å²) >= 11 is 0.